The molecule has 0 aliphatic carbocycles. The molecule has 0 atom stereocenters. The standard InChI is InChI=1S/C23H20N4O6S2/c1-33-18-6-8-19(9-7-18)35(31,32)13-11-22(28)26(15-16-4-2-3-12-24-16)23-25-20-10-5-17(27(29)30)14-21(20)34-23/h2-10,12,14H,11,13,15H2,1H3. The van der Waals surface area contributed by atoms with Gasteiger partial charge in [-0.25, -0.2) is 13.4 Å². The molecular formula is C23H20N4O6S2. The van der Waals surface area contributed by atoms with Crippen LogP contribution >= 0.6 is 11.3 Å². The number of fused-ring (bicyclic) bond motifs is 1. The predicted molar refractivity (Wildman–Crippen MR) is 131 cm³/mol. The number of carbonyl (C=O) groups is 1. The van der Waals surface area contributed by atoms with Gasteiger partial charge >= 0.3 is 0 Å². The molecule has 0 unspecified atom stereocenters. The molecule has 0 radical (unpaired) electrons. The second kappa shape index (κ2) is 10.2. The molecule has 4 aromatic rings. The Bertz CT molecular complexity index is 1470. The van der Waals surface area contributed by atoms with E-state index in [1.807, 2.05) is 0 Å². The first-order valence-electron chi connectivity index (χ1n) is 10.4. The van der Waals surface area contributed by atoms with Crippen LogP contribution < -0.4 is 9.64 Å². The van der Waals surface area contributed by atoms with E-state index >= 15 is 0 Å². The number of carbonyl (C=O) groups excluding carboxylic acids is 1. The average Bonchev–Trinajstić information content (AvgIpc) is 3.29. The van der Waals surface area contributed by atoms with Crippen LogP contribution in [0.5, 0.6) is 5.75 Å². The summed E-state index contributed by atoms with van der Waals surface area (Å²) in [6.45, 7) is 0.0736. The van der Waals surface area contributed by atoms with Gasteiger partial charge in [0.05, 0.1) is 45.1 Å². The third-order valence-corrected chi connectivity index (χ3v) is 7.93. The van der Waals surface area contributed by atoms with Gasteiger partial charge in [-0.15, -0.1) is 0 Å². The second-order valence-corrected chi connectivity index (χ2v) is 10.6. The fourth-order valence-corrected chi connectivity index (χ4v) is 5.55. The fourth-order valence-electron chi connectivity index (χ4n) is 3.30. The van der Waals surface area contributed by atoms with Gasteiger partial charge in [0, 0.05) is 24.8 Å². The summed E-state index contributed by atoms with van der Waals surface area (Å²) in [5.74, 6) is -0.327. The van der Waals surface area contributed by atoms with Gasteiger partial charge < -0.3 is 4.74 Å². The summed E-state index contributed by atoms with van der Waals surface area (Å²) in [7, 11) is -2.23. The largest absolute Gasteiger partial charge is 0.497 e. The highest BCUT2D eigenvalue weighted by molar-refractivity contribution is 7.91. The molecule has 10 nitrogen and oxygen atoms in total. The number of benzene rings is 2. The highest BCUT2D eigenvalue weighted by Gasteiger charge is 2.24. The lowest BCUT2D eigenvalue weighted by atomic mass is 10.3. The Hall–Kier alpha value is -3.90. The Balaban J connectivity index is 1.60. The minimum atomic E-state index is -3.72. The lowest BCUT2D eigenvalue weighted by Crippen LogP contribution is -2.32. The van der Waals surface area contributed by atoms with Crippen molar-refractivity contribution < 1.29 is 22.9 Å². The Morgan fingerprint density at radius 2 is 1.91 bits per heavy atom. The Labute approximate surface area is 204 Å². The summed E-state index contributed by atoms with van der Waals surface area (Å²) < 4.78 is 31.2. The highest BCUT2D eigenvalue weighted by Crippen LogP contribution is 2.32. The lowest BCUT2D eigenvalue weighted by Gasteiger charge is -2.19. The van der Waals surface area contributed by atoms with Crippen LogP contribution in [0.2, 0.25) is 0 Å². The number of aromatic nitrogens is 2. The van der Waals surface area contributed by atoms with Crippen molar-refractivity contribution in [3.05, 3.63) is 82.7 Å². The minimum Gasteiger partial charge on any atom is -0.497 e. The number of nitrogens with zero attached hydrogens (tertiary/aromatic N) is 4. The molecule has 0 spiro atoms. The van der Waals surface area contributed by atoms with E-state index in [4.69, 9.17) is 4.74 Å². The third kappa shape index (κ3) is 5.61. The first kappa shape index (κ1) is 24.2. The number of methoxy groups -OCH3 is 1. The van der Waals surface area contributed by atoms with Gasteiger partial charge in [-0.1, -0.05) is 17.4 Å². The number of nitro benzene ring substituents is 1. The Morgan fingerprint density at radius 3 is 2.57 bits per heavy atom. The summed E-state index contributed by atoms with van der Waals surface area (Å²) in [5.41, 5.74) is 1.00. The molecule has 12 heteroatoms. The quantitative estimate of drug-likeness (QED) is 0.243. The summed E-state index contributed by atoms with van der Waals surface area (Å²) >= 11 is 1.12. The first-order valence-corrected chi connectivity index (χ1v) is 12.9. The van der Waals surface area contributed by atoms with Crippen LogP contribution in [-0.4, -0.2) is 42.1 Å². The Kier molecular flexibility index (Phi) is 7.03. The molecule has 180 valence electrons. The first-order chi connectivity index (χ1) is 16.8. The molecule has 2 aromatic carbocycles. The maximum atomic E-state index is 13.3. The lowest BCUT2D eigenvalue weighted by molar-refractivity contribution is -0.384. The Morgan fingerprint density at radius 1 is 1.14 bits per heavy atom. The molecule has 2 heterocycles. The van der Waals surface area contributed by atoms with Crippen LogP contribution in [0.15, 0.2) is 71.8 Å². The van der Waals surface area contributed by atoms with Crippen molar-refractivity contribution in [3.63, 3.8) is 0 Å². The van der Waals surface area contributed by atoms with Crippen LogP contribution in [0.1, 0.15) is 12.1 Å². The van der Waals surface area contributed by atoms with E-state index in [1.54, 1.807) is 36.5 Å². The number of amides is 1. The van der Waals surface area contributed by atoms with Gasteiger partial charge in [-0.3, -0.25) is 24.8 Å². The molecule has 0 N–H and O–H groups in total. The number of ether oxygens (including phenoxy) is 1. The summed E-state index contributed by atoms with van der Waals surface area (Å²) in [6, 6.07) is 15.5. The molecule has 0 fully saturated rings. The van der Waals surface area contributed by atoms with Crippen molar-refractivity contribution in [1.82, 2.24) is 9.97 Å². The van der Waals surface area contributed by atoms with E-state index in [0.717, 1.165) is 11.3 Å². The van der Waals surface area contributed by atoms with E-state index in [0.29, 0.717) is 26.8 Å². The van der Waals surface area contributed by atoms with Crippen molar-refractivity contribution in [3.8, 4) is 5.75 Å². The van der Waals surface area contributed by atoms with E-state index < -0.39 is 26.4 Å². The second-order valence-electron chi connectivity index (χ2n) is 7.45. The van der Waals surface area contributed by atoms with E-state index in [1.165, 1.54) is 42.3 Å². The third-order valence-electron chi connectivity index (χ3n) is 5.15. The normalized spacial score (nSPS) is 11.3. The zero-order chi connectivity index (χ0) is 25.0. The molecule has 4 rings (SSSR count). The van der Waals surface area contributed by atoms with Gasteiger partial charge in [0.1, 0.15) is 5.75 Å². The molecule has 0 saturated carbocycles. The summed E-state index contributed by atoms with van der Waals surface area (Å²) in [4.78, 5) is 34.0. The number of anilines is 1. The van der Waals surface area contributed by atoms with E-state index in [2.05, 4.69) is 9.97 Å². The van der Waals surface area contributed by atoms with Crippen molar-refractivity contribution >= 4 is 48.1 Å². The average molecular weight is 513 g/mol. The maximum absolute atomic E-state index is 13.3. The summed E-state index contributed by atoms with van der Waals surface area (Å²) in [6.07, 6.45) is 1.31. The van der Waals surface area contributed by atoms with Crippen molar-refractivity contribution in [2.45, 2.75) is 17.9 Å². The smallest absolute Gasteiger partial charge is 0.270 e. The van der Waals surface area contributed by atoms with Gasteiger partial charge in [0.2, 0.25) is 5.91 Å². The predicted octanol–water partition coefficient (Wildman–Crippen LogP) is 4.01. The van der Waals surface area contributed by atoms with Gasteiger partial charge in [0.15, 0.2) is 15.0 Å². The van der Waals surface area contributed by atoms with Gasteiger partial charge in [0.25, 0.3) is 5.69 Å². The number of hydrogen-bond acceptors (Lipinski definition) is 9. The number of non-ortho nitro benzene ring substituents is 1. The topological polar surface area (TPSA) is 133 Å². The zero-order valence-electron chi connectivity index (χ0n) is 18.5. The number of nitro groups is 1. The number of rotatable bonds is 9. The number of thiazole rings is 1. The molecule has 1 amide bonds. The highest BCUT2D eigenvalue weighted by atomic mass is 32.2. The van der Waals surface area contributed by atoms with Crippen LogP contribution in [0.3, 0.4) is 0 Å². The number of pyridine rings is 1. The molecule has 35 heavy (non-hydrogen) atoms. The van der Waals surface area contributed by atoms with Crippen LogP contribution in [0.25, 0.3) is 10.2 Å². The fraction of sp³-hybridized carbons (Fsp3) is 0.174. The van der Waals surface area contributed by atoms with Gasteiger partial charge in [-0.05, 0) is 42.5 Å². The monoisotopic (exact) mass is 512 g/mol. The molecule has 0 aliphatic rings. The molecular weight excluding hydrogens is 492 g/mol. The van der Waals surface area contributed by atoms with Crippen molar-refractivity contribution in [1.29, 1.82) is 0 Å². The van der Waals surface area contributed by atoms with Crippen molar-refractivity contribution in [2.24, 2.45) is 0 Å². The molecule has 2 aromatic heterocycles. The van der Waals surface area contributed by atoms with Crippen LogP contribution in [0, 0.1) is 10.1 Å². The minimum absolute atomic E-state index is 0.0736. The van der Waals surface area contributed by atoms with Crippen LogP contribution in [-0.2, 0) is 21.2 Å². The molecule has 0 aliphatic heterocycles. The maximum Gasteiger partial charge on any atom is 0.270 e. The molecule has 0 bridgehead atoms. The zero-order valence-corrected chi connectivity index (χ0v) is 20.2. The van der Waals surface area contributed by atoms with Crippen molar-refractivity contribution in [2.75, 3.05) is 17.8 Å². The molecule has 0 saturated heterocycles. The SMILES string of the molecule is COc1ccc(S(=O)(=O)CCC(=O)N(Cc2ccccn2)c2nc3ccc([N+](=O)[O-])cc3s2)cc1. The number of hydrogen-bond donors (Lipinski definition) is 0. The van der Waals surface area contributed by atoms with E-state index in [-0.39, 0.29) is 23.5 Å². The summed E-state index contributed by atoms with van der Waals surface area (Å²) in [5, 5.41) is 11.4. The van der Waals surface area contributed by atoms with E-state index in [9.17, 15) is 23.3 Å². The van der Waals surface area contributed by atoms with Gasteiger partial charge in [-0.2, -0.15) is 0 Å². The number of sulfone groups is 1. The van der Waals surface area contributed by atoms with Crippen LogP contribution in [0.4, 0.5) is 10.8 Å².